The molecule has 1 rings (SSSR count). The topological polar surface area (TPSA) is 3.24 Å². The van der Waals surface area contributed by atoms with Crippen LogP contribution in [0.25, 0.3) is 0 Å². The number of rotatable bonds is 18. The molecule has 1 atom stereocenters. The Morgan fingerprint density at radius 1 is 0.774 bits per heavy atom. The molecule has 0 saturated heterocycles. The standard InChI is InChI=1S/C17H24N.3C4H9.Sn/c1-3-5-14-18(15-6-4-2)16-10-13-17-11-8-7-9-12-17;3*1-3-4-2;/h3-9,11-12,16H,10,13-15H2,1-2H3;3*1,3-4H2,2H3;/b5-3+,6-4+;;;;. The van der Waals surface area contributed by atoms with Crippen molar-refractivity contribution in [2.24, 2.45) is 0 Å². The first kappa shape index (κ1) is 28.5. The second-order valence-electron chi connectivity index (χ2n) is 9.31. The second kappa shape index (κ2) is 17.9. The van der Waals surface area contributed by atoms with Crippen LogP contribution in [0, 0.1) is 0 Å². The summed E-state index contributed by atoms with van der Waals surface area (Å²) in [7, 11) is 0. The summed E-state index contributed by atoms with van der Waals surface area (Å²) in [5.74, 6) is 0. The summed E-state index contributed by atoms with van der Waals surface area (Å²) in [6.45, 7) is 13.8. The van der Waals surface area contributed by atoms with E-state index in [4.69, 9.17) is 0 Å². The van der Waals surface area contributed by atoms with E-state index in [2.05, 4.69) is 94.2 Å². The SMILES string of the molecule is C/C=C/CN(C/C=C/C)[C@@H](CCc1ccccc1)[Sn]([CH2]CCC)([CH2]CCC)[CH2]CCC. The van der Waals surface area contributed by atoms with Crippen molar-refractivity contribution < 1.29 is 0 Å². The third-order valence-electron chi connectivity index (χ3n) is 6.93. The van der Waals surface area contributed by atoms with Crippen LogP contribution in [0.3, 0.4) is 0 Å². The molecule has 1 aromatic rings. The Bertz CT molecular complexity index is 556. The van der Waals surface area contributed by atoms with E-state index in [9.17, 15) is 0 Å². The van der Waals surface area contributed by atoms with E-state index in [1.165, 1.54) is 56.9 Å². The van der Waals surface area contributed by atoms with Gasteiger partial charge in [-0.05, 0) is 0 Å². The summed E-state index contributed by atoms with van der Waals surface area (Å²) in [5, 5.41) is 0. The first-order valence-electron chi connectivity index (χ1n) is 13.2. The van der Waals surface area contributed by atoms with Gasteiger partial charge in [-0.2, -0.15) is 0 Å². The molecule has 31 heavy (non-hydrogen) atoms. The van der Waals surface area contributed by atoms with Gasteiger partial charge in [-0.15, -0.1) is 0 Å². The molecule has 0 saturated carbocycles. The van der Waals surface area contributed by atoms with Crippen LogP contribution < -0.4 is 0 Å². The van der Waals surface area contributed by atoms with Gasteiger partial charge in [0.05, 0.1) is 0 Å². The zero-order chi connectivity index (χ0) is 22.8. The van der Waals surface area contributed by atoms with E-state index < -0.39 is 18.4 Å². The molecule has 0 amide bonds. The molecule has 2 heteroatoms. The summed E-state index contributed by atoms with van der Waals surface area (Å²) in [6.07, 6.45) is 20.3. The minimum atomic E-state index is -2.41. The molecule has 0 fully saturated rings. The van der Waals surface area contributed by atoms with E-state index in [1.54, 1.807) is 13.3 Å². The van der Waals surface area contributed by atoms with Crippen LogP contribution >= 0.6 is 0 Å². The fourth-order valence-corrected chi connectivity index (χ4v) is 24.1. The molecule has 0 aromatic heterocycles. The average Bonchev–Trinajstić information content (AvgIpc) is 2.81. The summed E-state index contributed by atoms with van der Waals surface area (Å²) < 4.78 is 5.61. The molecule has 1 nitrogen and oxygen atoms in total. The van der Waals surface area contributed by atoms with Gasteiger partial charge in [-0.3, -0.25) is 0 Å². The van der Waals surface area contributed by atoms with Crippen LogP contribution in [0.15, 0.2) is 54.6 Å². The van der Waals surface area contributed by atoms with Crippen LogP contribution in [-0.4, -0.2) is 40.4 Å². The summed E-state index contributed by atoms with van der Waals surface area (Å²) >= 11 is -2.41. The predicted octanol–water partition coefficient (Wildman–Crippen LogP) is 8.83. The van der Waals surface area contributed by atoms with E-state index in [0.717, 1.165) is 17.1 Å². The molecule has 0 radical (unpaired) electrons. The van der Waals surface area contributed by atoms with E-state index in [0.29, 0.717) is 0 Å². The van der Waals surface area contributed by atoms with Gasteiger partial charge < -0.3 is 0 Å². The Kier molecular flexibility index (Phi) is 16.5. The maximum atomic E-state index is 2.89. The summed E-state index contributed by atoms with van der Waals surface area (Å²) in [4.78, 5) is 2.89. The van der Waals surface area contributed by atoms with Gasteiger partial charge >= 0.3 is 200 Å². The van der Waals surface area contributed by atoms with Crippen LogP contribution in [-0.2, 0) is 6.42 Å². The number of nitrogens with zero attached hydrogens (tertiary/aromatic N) is 1. The van der Waals surface area contributed by atoms with Crippen molar-refractivity contribution in [1.82, 2.24) is 4.90 Å². The minimum absolute atomic E-state index is 0.839. The maximum absolute atomic E-state index is 2.89. The van der Waals surface area contributed by atoms with Gasteiger partial charge in [0.15, 0.2) is 0 Å². The van der Waals surface area contributed by atoms with Crippen LogP contribution in [0.4, 0.5) is 0 Å². The van der Waals surface area contributed by atoms with Gasteiger partial charge in [0.25, 0.3) is 0 Å². The molecule has 0 spiro atoms. The number of allylic oxidation sites excluding steroid dienone is 2. The quantitative estimate of drug-likeness (QED) is 0.135. The van der Waals surface area contributed by atoms with Crippen molar-refractivity contribution in [1.29, 1.82) is 0 Å². The van der Waals surface area contributed by atoms with Crippen molar-refractivity contribution in [3.63, 3.8) is 0 Å². The fourth-order valence-electron chi connectivity index (χ4n) is 5.10. The van der Waals surface area contributed by atoms with Gasteiger partial charge in [-0.1, -0.05) is 0 Å². The van der Waals surface area contributed by atoms with Crippen LogP contribution in [0.5, 0.6) is 0 Å². The van der Waals surface area contributed by atoms with E-state index in [1.807, 2.05) is 0 Å². The van der Waals surface area contributed by atoms with E-state index in [-0.39, 0.29) is 0 Å². The predicted molar refractivity (Wildman–Crippen MR) is 145 cm³/mol. The third-order valence-corrected chi connectivity index (χ3v) is 24.4. The molecule has 176 valence electrons. The molecular weight excluding hydrogens is 481 g/mol. The van der Waals surface area contributed by atoms with Gasteiger partial charge in [0, 0.05) is 0 Å². The molecule has 0 bridgehead atoms. The summed E-state index contributed by atoms with van der Waals surface area (Å²) in [5.41, 5.74) is 1.52. The number of unbranched alkanes of at least 4 members (excludes halogenated alkanes) is 3. The number of hydrogen-bond donors (Lipinski definition) is 0. The van der Waals surface area contributed by atoms with Crippen molar-refractivity contribution >= 4 is 18.4 Å². The number of hydrogen-bond acceptors (Lipinski definition) is 1. The first-order chi connectivity index (χ1) is 15.2. The van der Waals surface area contributed by atoms with Crippen LogP contribution in [0.1, 0.15) is 85.1 Å². The van der Waals surface area contributed by atoms with E-state index >= 15 is 0 Å². The van der Waals surface area contributed by atoms with Crippen molar-refractivity contribution in [3.8, 4) is 0 Å². The molecule has 0 aliphatic rings. The normalized spacial score (nSPS) is 13.6. The Labute approximate surface area is 199 Å². The van der Waals surface area contributed by atoms with Crippen LogP contribution in [0.2, 0.25) is 13.3 Å². The molecule has 0 aliphatic carbocycles. The molecule has 0 unspecified atom stereocenters. The van der Waals surface area contributed by atoms with Crippen molar-refractivity contribution in [2.75, 3.05) is 13.1 Å². The Morgan fingerprint density at radius 2 is 1.26 bits per heavy atom. The second-order valence-corrected chi connectivity index (χ2v) is 23.3. The molecule has 0 heterocycles. The molecule has 0 N–H and O–H groups in total. The third kappa shape index (κ3) is 10.7. The number of benzene rings is 1. The van der Waals surface area contributed by atoms with Gasteiger partial charge in [0.1, 0.15) is 0 Å². The Balaban J connectivity index is 3.34. The zero-order valence-corrected chi connectivity index (χ0v) is 24.3. The monoisotopic (exact) mass is 533 g/mol. The Morgan fingerprint density at radius 3 is 1.68 bits per heavy atom. The van der Waals surface area contributed by atoms with Crippen molar-refractivity contribution in [3.05, 3.63) is 60.2 Å². The van der Waals surface area contributed by atoms with Gasteiger partial charge in [0.2, 0.25) is 0 Å². The number of aryl methyl sites for hydroxylation is 1. The Hall–Kier alpha value is -0.541. The fraction of sp³-hybridized carbons (Fsp3) is 0.655. The van der Waals surface area contributed by atoms with Crippen molar-refractivity contribution in [2.45, 2.75) is 103 Å². The molecular formula is C29H51NSn. The first-order valence-corrected chi connectivity index (χ1v) is 20.9. The molecule has 0 aliphatic heterocycles. The average molecular weight is 532 g/mol. The summed E-state index contributed by atoms with van der Waals surface area (Å²) in [6, 6.07) is 11.2. The molecule has 1 aromatic carbocycles. The van der Waals surface area contributed by atoms with Gasteiger partial charge in [-0.25, -0.2) is 0 Å². The zero-order valence-electron chi connectivity index (χ0n) is 21.4.